The number of sulfonamides is 1. The van der Waals surface area contributed by atoms with Gasteiger partial charge in [-0.3, -0.25) is 9.52 Å². The van der Waals surface area contributed by atoms with Gasteiger partial charge in [0.1, 0.15) is 28.8 Å². The van der Waals surface area contributed by atoms with E-state index in [1.54, 1.807) is 17.0 Å². The second kappa shape index (κ2) is 8.97. The normalized spacial score (nSPS) is 15.7. The van der Waals surface area contributed by atoms with Crippen molar-refractivity contribution in [1.29, 1.82) is 0 Å². The second-order valence-electron chi connectivity index (χ2n) is 8.90. The molecule has 7 nitrogen and oxygen atoms in total. The molecule has 1 aliphatic rings. The maximum Gasteiger partial charge on any atom is 0.265 e. The molecule has 2 aromatic rings. The minimum atomic E-state index is -4.13. The fraction of sp³-hybridized carbons (Fsp3) is 0.435. The van der Waals surface area contributed by atoms with Crippen LogP contribution in [0.25, 0.3) is 0 Å². The predicted molar refractivity (Wildman–Crippen MR) is 121 cm³/mol. The van der Waals surface area contributed by atoms with E-state index in [0.29, 0.717) is 23.9 Å². The summed E-state index contributed by atoms with van der Waals surface area (Å²) in [5.74, 6) is 0.0924. The highest BCUT2D eigenvalue weighted by Crippen LogP contribution is 2.39. The zero-order valence-electron chi connectivity index (χ0n) is 18.9. The topological polar surface area (TPSA) is 84.9 Å². The third-order valence-electron chi connectivity index (χ3n) is 5.26. The molecule has 1 aliphatic heterocycles. The molecule has 1 heterocycles. The van der Waals surface area contributed by atoms with Crippen LogP contribution >= 0.6 is 0 Å². The van der Waals surface area contributed by atoms with Crippen molar-refractivity contribution < 1.29 is 27.1 Å². The van der Waals surface area contributed by atoms with E-state index in [0.717, 1.165) is 18.6 Å². The molecule has 0 fully saturated rings. The molecule has 0 aliphatic carbocycles. The molecule has 32 heavy (non-hydrogen) atoms. The van der Waals surface area contributed by atoms with Gasteiger partial charge in [-0.25, -0.2) is 12.8 Å². The van der Waals surface area contributed by atoms with Crippen LogP contribution in [0.2, 0.25) is 0 Å². The van der Waals surface area contributed by atoms with Gasteiger partial charge in [0, 0.05) is 12.6 Å². The number of benzene rings is 2. The van der Waals surface area contributed by atoms with Gasteiger partial charge in [-0.15, -0.1) is 0 Å². The van der Waals surface area contributed by atoms with Crippen molar-refractivity contribution in [3.63, 3.8) is 0 Å². The quantitative estimate of drug-likeness (QED) is 0.655. The minimum absolute atomic E-state index is 0.0251. The first-order valence-electron chi connectivity index (χ1n) is 10.4. The molecule has 1 N–H and O–H groups in total. The van der Waals surface area contributed by atoms with Crippen LogP contribution in [-0.4, -0.2) is 34.6 Å². The SMILES string of the molecule is COc1ccc(F)cc1S(=O)(=O)Nc1ccc2c(c1)OCC(C)(C)C(=O)N2CCC(C)C. The highest BCUT2D eigenvalue weighted by molar-refractivity contribution is 7.92. The molecule has 9 heteroatoms. The van der Waals surface area contributed by atoms with Crippen LogP contribution < -0.4 is 19.1 Å². The highest BCUT2D eigenvalue weighted by atomic mass is 32.2. The molecule has 0 radical (unpaired) electrons. The van der Waals surface area contributed by atoms with Gasteiger partial charge in [-0.05, 0) is 56.5 Å². The average Bonchev–Trinajstić information content (AvgIpc) is 2.81. The molecule has 3 rings (SSSR count). The lowest BCUT2D eigenvalue weighted by molar-refractivity contribution is -0.127. The average molecular weight is 465 g/mol. The number of ether oxygens (including phenoxy) is 2. The van der Waals surface area contributed by atoms with Crippen molar-refractivity contribution >= 4 is 27.3 Å². The van der Waals surface area contributed by atoms with Gasteiger partial charge in [0.15, 0.2) is 0 Å². The fourth-order valence-corrected chi connectivity index (χ4v) is 4.62. The summed E-state index contributed by atoms with van der Waals surface area (Å²) in [5, 5.41) is 0. The third-order valence-corrected chi connectivity index (χ3v) is 6.66. The van der Waals surface area contributed by atoms with E-state index >= 15 is 0 Å². The van der Waals surface area contributed by atoms with Crippen LogP contribution in [0.4, 0.5) is 15.8 Å². The van der Waals surface area contributed by atoms with E-state index in [2.05, 4.69) is 18.6 Å². The molecular formula is C23H29FN2O5S. The first-order valence-corrected chi connectivity index (χ1v) is 11.9. The maximum atomic E-state index is 13.7. The monoisotopic (exact) mass is 464 g/mol. The molecule has 0 bridgehead atoms. The summed E-state index contributed by atoms with van der Waals surface area (Å²) in [7, 11) is -2.82. The standard InChI is InChI=1S/C23H29FN2O5S/c1-15(2)10-11-26-18-8-7-17(13-20(18)31-14-23(3,4)22(26)27)25-32(28,29)21-12-16(24)6-9-19(21)30-5/h6-9,12-13,15,25H,10-11,14H2,1-5H3. The third kappa shape index (κ3) is 4.98. The summed E-state index contributed by atoms with van der Waals surface area (Å²) < 4.78 is 52.9. The molecule has 0 aromatic heterocycles. The van der Waals surface area contributed by atoms with E-state index < -0.39 is 21.3 Å². The molecule has 0 saturated heterocycles. The Kier molecular flexibility index (Phi) is 6.69. The number of carbonyl (C=O) groups is 1. The van der Waals surface area contributed by atoms with Gasteiger partial charge < -0.3 is 14.4 Å². The van der Waals surface area contributed by atoms with Crippen LogP contribution in [0.5, 0.6) is 11.5 Å². The molecule has 0 spiro atoms. The van der Waals surface area contributed by atoms with Gasteiger partial charge in [-0.2, -0.15) is 0 Å². The lowest BCUT2D eigenvalue weighted by Gasteiger charge is -2.28. The van der Waals surface area contributed by atoms with Gasteiger partial charge in [-0.1, -0.05) is 13.8 Å². The Hall–Kier alpha value is -2.81. The number of hydrogen-bond donors (Lipinski definition) is 1. The van der Waals surface area contributed by atoms with E-state index in [1.807, 2.05) is 13.8 Å². The number of anilines is 2. The molecule has 1 amide bonds. The predicted octanol–water partition coefficient (Wildman–Crippen LogP) is 4.43. The Morgan fingerprint density at radius 3 is 2.59 bits per heavy atom. The molecular weight excluding hydrogens is 435 g/mol. The van der Waals surface area contributed by atoms with Crippen LogP contribution in [0, 0.1) is 17.2 Å². The van der Waals surface area contributed by atoms with E-state index in [4.69, 9.17) is 9.47 Å². The molecule has 0 atom stereocenters. The lowest BCUT2D eigenvalue weighted by Crippen LogP contribution is -2.42. The highest BCUT2D eigenvalue weighted by Gasteiger charge is 2.37. The van der Waals surface area contributed by atoms with Crippen molar-refractivity contribution in [2.24, 2.45) is 11.3 Å². The first-order chi connectivity index (χ1) is 14.9. The Morgan fingerprint density at radius 2 is 1.94 bits per heavy atom. The Labute approximate surface area is 188 Å². The van der Waals surface area contributed by atoms with Crippen molar-refractivity contribution in [3.05, 3.63) is 42.2 Å². The number of rotatable bonds is 7. The number of fused-ring (bicyclic) bond motifs is 1. The van der Waals surface area contributed by atoms with Gasteiger partial charge in [0.05, 0.1) is 23.9 Å². The fourth-order valence-electron chi connectivity index (χ4n) is 3.39. The number of amides is 1. The van der Waals surface area contributed by atoms with Crippen molar-refractivity contribution in [2.45, 2.75) is 39.0 Å². The number of nitrogens with zero attached hydrogens (tertiary/aromatic N) is 1. The maximum absolute atomic E-state index is 13.7. The zero-order valence-corrected chi connectivity index (χ0v) is 19.8. The van der Waals surface area contributed by atoms with E-state index in [9.17, 15) is 17.6 Å². The minimum Gasteiger partial charge on any atom is -0.495 e. The van der Waals surface area contributed by atoms with Gasteiger partial charge in [0.2, 0.25) is 5.91 Å². The Morgan fingerprint density at radius 1 is 1.22 bits per heavy atom. The number of carbonyl (C=O) groups excluding carboxylic acids is 1. The zero-order chi connectivity index (χ0) is 23.7. The molecule has 174 valence electrons. The van der Waals surface area contributed by atoms with Crippen LogP contribution in [0.1, 0.15) is 34.1 Å². The molecule has 2 aromatic carbocycles. The van der Waals surface area contributed by atoms with Crippen LogP contribution in [-0.2, 0) is 14.8 Å². The summed E-state index contributed by atoms with van der Waals surface area (Å²) >= 11 is 0. The Bertz CT molecular complexity index is 1120. The van der Waals surface area contributed by atoms with E-state index in [-0.39, 0.29) is 28.8 Å². The van der Waals surface area contributed by atoms with Crippen molar-refractivity contribution in [1.82, 2.24) is 0 Å². The summed E-state index contributed by atoms with van der Waals surface area (Å²) in [5.41, 5.74) is 0.0865. The Balaban J connectivity index is 1.97. The second-order valence-corrected chi connectivity index (χ2v) is 10.5. The van der Waals surface area contributed by atoms with E-state index in [1.165, 1.54) is 19.2 Å². The summed E-state index contributed by atoms with van der Waals surface area (Å²) in [6, 6.07) is 8.03. The number of hydrogen-bond acceptors (Lipinski definition) is 5. The van der Waals surface area contributed by atoms with Crippen LogP contribution in [0.15, 0.2) is 41.3 Å². The lowest BCUT2D eigenvalue weighted by atomic mass is 9.92. The van der Waals surface area contributed by atoms with Crippen molar-refractivity contribution in [2.75, 3.05) is 29.9 Å². The number of nitrogens with one attached hydrogen (secondary N) is 1. The largest absolute Gasteiger partial charge is 0.495 e. The smallest absolute Gasteiger partial charge is 0.265 e. The summed E-state index contributed by atoms with van der Waals surface area (Å²) in [6.45, 7) is 8.51. The summed E-state index contributed by atoms with van der Waals surface area (Å²) in [4.78, 5) is 14.5. The van der Waals surface area contributed by atoms with Gasteiger partial charge >= 0.3 is 0 Å². The number of halogens is 1. The van der Waals surface area contributed by atoms with Crippen molar-refractivity contribution in [3.8, 4) is 11.5 Å². The first kappa shape index (κ1) is 23.8. The molecule has 0 saturated carbocycles. The van der Waals surface area contributed by atoms with Gasteiger partial charge in [0.25, 0.3) is 10.0 Å². The molecule has 0 unspecified atom stereocenters. The number of methoxy groups -OCH3 is 1. The van der Waals surface area contributed by atoms with Crippen LogP contribution in [0.3, 0.4) is 0 Å². The summed E-state index contributed by atoms with van der Waals surface area (Å²) in [6.07, 6.45) is 0.814.